The molecule has 3 aromatic rings. The number of hydrogen-bond acceptors (Lipinski definition) is 3. The topological polar surface area (TPSA) is 6.48 Å². The van der Waals surface area contributed by atoms with Gasteiger partial charge in [-0.15, -0.1) is 0 Å². The second-order valence-corrected chi connectivity index (χ2v) is 6.24. The van der Waals surface area contributed by atoms with Gasteiger partial charge < -0.3 is 9.62 Å². The third-order valence-corrected chi connectivity index (χ3v) is 5.06. The SMILES string of the molecule is CN1B(c2cccs2)N(C)c2cccc3cccc1c23. The normalized spacial score (nSPS) is 14.2. The summed E-state index contributed by atoms with van der Waals surface area (Å²) in [6.45, 7) is 0.274. The molecule has 1 aromatic heterocycles. The van der Waals surface area contributed by atoms with Gasteiger partial charge in [0.25, 0.3) is 0 Å². The van der Waals surface area contributed by atoms with Crippen LogP contribution in [0.2, 0.25) is 0 Å². The van der Waals surface area contributed by atoms with Gasteiger partial charge in [0.15, 0.2) is 0 Å². The fraction of sp³-hybridized carbons (Fsp3) is 0.125. The summed E-state index contributed by atoms with van der Waals surface area (Å²) in [6.07, 6.45) is 0. The Bertz CT molecular complexity index is 725. The first-order chi connectivity index (χ1) is 9.77. The van der Waals surface area contributed by atoms with E-state index in [1.54, 1.807) is 0 Å². The zero-order chi connectivity index (χ0) is 13.7. The second kappa shape index (κ2) is 4.28. The second-order valence-electron chi connectivity index (χ2n) is 5.26. The molecule has 2 aromatic carbocycles. The summed E-state index contributed by atoms with van der Waals surface area (Å²) >= 11 is 1.82. The number of anilines is 2. The van der Waals surface area contributed by atoms with E-state index >= 15 is 0 Å². The first-order valence-corrected chi connectivity index (χ1v) is 7.66. The molecular weight excluding hydrogens is 263 g/mol. The molecule has 2 heterocycles. The van der Waals surface area contributed by atoms with Crippen LogP contribution in [0.1, 0.15) is 0 Å². The molecule has 0 amide bonds. The van der Waals surface area contributed by atoms with Crippen molar-refractivity contribution >= 4 is 45.2 Å². The number of thiophene rings is 1. The van der Waals surface area contributed by atoms with Gasteiger partial charge in [0, 0.05) is 21.5 Å². The van der Waals surface area contributed by atoms with Gasteiger partial charge in [-0.05, 0) is 37.0 Å². The lowest BCUT2D eigenvalue weighted by atomic mass is 9.67. The van der Waals surface area contributed by atoms with Crippen molar-refractivity contribution in [3.63, 3.8) is 0 Å². The predicted molar refractivity (Wildman–Crippen MR) is 90.5 cm³/mol. The van der Waals surface area contributed by atoms with Crippen LogP contribution in [0.25, 0.3) is 10.8 Å². The standard InChI is InChI=1S/C16H15BN2S/c1-18-13-8-3-6-12-7-4-9-14(16(12)13)19(2)17(18)15-10-5-11-20-15/h3-11H,1-2H3. The molecule has 98 valence electrons. The van der Waals surface area contributed by atoms with E-state index in [1.165, 1.54) is 26.9 Å². The van der Waals surface area contributed by atoms with Crippen molar-refractivity contribution in [2.24, 2.45) is 0 Å². The molecule has 4 rings (SSSR count). The van der Waals surface area contributed by atoms with Crippen LogP contribution in [-0.2, 0) is 0 Å². The fourth-order valence-corrected chi connectivity index (χ4v) is 4.14. The molecular formula is C16H15BN2S. The van der Waals surface area contributed by atoms with E-state index in [-0.39, 0.29) is 6.98 Å². The van der Waals surface area contributed by atoms with E-state index in [2.05, 4.69) is 77.6 Å². The van der Waals surface area contributed by atoms with Crippen molar-refractivity contribution in [3.05, 3.63) is 53.9 Å². The maximum Gasteiger partial charge on any atom is 0.421 e. The molecule has 0 unspecified atom stereocenters. The van der Waals surface area contributed by atoms with Crippen molar-refractivity contribution in [1.82, 2.24) is 0 Å². The molecule has 0 fully saturated rings. The van der Waals surface area contributed by atoms with Crippen LogP contribution < -0.4 is 14.4 Å². The first kappa shape index (κ1) is 11.9. The smallest absolute Gasteiger partial charge is 0.394 e. The van der Waals surface area contributed by atoms with Gasteiger partial charge in [-0.3, -0.25) is 0 Å². The van der Waals surface area contributed by atoms with Crippen LogP contribution in [0.5, 0.6) is 0 Å². The lowest BCUT2D eigenvalue weighted by molar-refractivity contribution is 1.20. The fourth-order valence-electron chi connectivity index (χ4n) is 3.23. The highest BCUT2D eigenvalue weighted by molar-refractivity contribution is 7.23. The van der Waals surface area contributed by atoms with Gasteiger partial charge in [-0.2, -0.15) is 11.3 Å². The van der Waals surface area contributed by atoms with Crippen LogP contribution in [0.3, 0.4) is 0 Å². The first-order valence-electron chi connectivity index (χ1n) is 6.78. The Kier molecular flexibility index (Phi) is 2.54. The summed E-state index contributed by atoms with van der Waals surface area (Å²) in [6, 6.07) is 17.5. The lowest BCUT2D eigenvalue weighted by Gasteiger charge is -2.40. The van der Waals surface area contributed by atoms with E-state index in [4.69, 9.17) is 0 Å². The summed E-state index contributed by atoms with van der Waals surface area (Å²) < 4.78 is 1.38. The van der Waals surface area contributed by atoms with Crippen molar-refractivity contribution < 1.29 is 0 Å². The summed E-state index contributed by atoms with van der Waals surface area (Å²) in [4.78, 5) is 4.75. The quantitative estimate of drug-likeness (QED) is 0.631. The third-order valence-electron chi connectivity index (χ3n) is 4.15. The van der Waals surface area contributed by atoms with Crippen molar-refractivity contribution in [2.45, 2.75) is 0 Å². The molecule has 4 heteroatoms. The van der Waals surface area contributed by atoms with Crippen LogP contribution in [0.4, 0.5) is 11.4 Å². The Morgan fingerprint density at radius 2 is 1.50 bits per heavy atom. The van der Waals surface area contributed by atoms with Gasteiger partial charge in [0.05, 0.1) is 0 Å². The predicted octanol–water partition coefficient (Wildman–Crippen LogP) is 3.18. The van der Waals surface area contributed by atoms with Crippen LogP contribution in [-0.4, -0.2) is 21.1 Å². The molecule has 0 saturated heterocycles. The monoisotopic (exact) mass is 278 g/mol. The van der Waals surface area contributed by atoms with Crippen LogP contribution in [0, 0.1) is 0 Å². The van der Waals surface area contributed by atoms with E-state index in [1.807, 2.05) is 11.3 Å². The average Bonchev–Trinajstić information content (AvgIpc) is 2.99. The Labute approximate surface area is 123 Å². The maximum atomic E-state index is 2.38. The minimum atomic E-state index is 0.274. The number of nitrogens with zero attached hydrogens (tertiary/aromatic N) is 2. The molecule has 2 nitrogen and oxygen atoms in total. The summed E-state index contributed by atoms with van der Waals surface area (Å²) in [5.74, 6) is 0. The molecule has 20 heavy (non-hydrogen) atoms. The number of benzene rings is 2. The molecule has 0 radical (unpaired) electrons. The van der Waals surface area contributed by atoms with Crippen molar-refractivity contribution in [3.8, 4) is 0 Å². The van der Waals surface area contributed by atoms with E-state index in [9.17, 15) is 0 Å². The molecule has 1 aliphatic heterocycles. The zero-order valence-corrected chi connectivity index (χ0v) is 12.4. The number of rotatable bonds is 1. The highest BCUT2D eigenvalue weighted by Gasteiger charge is 2.35. The molecule has 0 saturated carbocycles. The molecule has 0 aliphatic carbocycles. The Morgan fingerprint density at radius 1 is 0.850 bits per heavy atom. The maximum absolute atomic E-state index is 2.38. The van der Waals surface area contributed by atoms with E-state index < -0.39 is 0 Å². The van der Waals surface area contributed by atoms with Crippen LogP contribution in [0.15, 0.2) is 53.9 Å². The lowest BCUT2D eigenvalue weighted by Crippen LogP contribution is -2.59. The van der Waals surface area contributed by atoms with Gasteiger partial charge in [-0.1, -0.05) is 36.4 Å². The summed E-state index contributed by atoms with van der Waals surface area (Å²) in [5, 5.41) is 4.81. The third kappa shape index (κ3) is 1.51. The van der Waals surface area contributed by atoms with Crippen molar-refractivity contribution in [1.29, 1.82) is 0 Å². The molecule has 1 aliphatic rings. The van der Waals surface area contributed by atoms with Crippen molar-refractivity contribution in [2.75, 3.05) is 23.7 Å². The highest BCUT2D eigenvalue weighted by Crippen LogP contribution is 2.39. The van der Waals surface area contributed by atoms with Gasteiger partial charge in [0.1, 0.15) is 0 Å². The largest absolute Gasteiger partial charge is 0.421 e. The number of hydrogen-bond donors (Lipinski definition) is 0. The zero-order valence-electron chi connectivity index (χ0n) is 11.6. The Morgan fingerprint density at radius 3 is 2.05 bits per heavy atom. The van der Waals surface area contributed by atoms with E-state index in [0.29, 0.717) is 0 Å². The molecule has 0 atom stereocenters. The van der Waals surface area contributed by atoms with Crippen LogP contribution >= 0.6 is 11.3 Å². The van der Waals surface area contributed by atoms with Gasteiger partial charge in [0.2, 0.25) is 0 Å². The molecule has 0 N–H and O–H groups in total. The summed E-state index contributed by atoms with van der Waals surface area (Å²) in [7, 11) is 4.37. The average molecular weight is 278 g/mol. The Hall–Kier alpha value is -1.94. The highest BCUT2D eigenvalue weighted by atomic mass is 32.1. The minimum Gasteiger partial charge on any atom is -0.394 e. The Balaban J connectivity index is 2.00. The van der Waals surface area contributed by atoms with E-state index in [0.717, 1.165) is 0 Å². The molecule has 0 bridgehead atoms. The molecule has 0 spiro atoms. The van der Waals surface area contributed by atoms with Gasteiger partial charge >= 0.3 is 6.98 Å². The van der Waals surface area contributed by atoms with Gasteiger partial charge in [-0.25, -0.2) is 0 Å². The summed E-state index contributed by atoms with van der Waals surface area (Å²) in [5.41, 5.74) is 2.63. The minimum absolute atomic E-state index is 0.274.